The molecule has 0 aliphatic heterocycles. The summed E-state index contributed by atoms with van der Waals surface area (Å²) >= 11 is 1.61. The molecular formula is C19H16OS. The van der Waals surface area contributed by atoms with Crippen molar-refractivity contribution in [2.24, 2.45) is 0 Å². The van der Waals surface area contributed by atoms with Crippen LogP contribution in [0.15, 0.2) is 77.7 Å². The fraction of sp³-hybridized carbons (Fsp3) is 0.105. The molecule has 0 heterocycles. The lowest BCUT2D eigenvalue weighted by Crippen LogP contribution is -2.13. The Morgan fingerprint density at radius 3 is 2.29 bits per heavy atom. The molecule has 0 aliphatic carbocycles. The Balaban J connectivity index is 1.80. The zero-order chi connectivity index (χ0) is 14.7. The molecule has 0 saturated carbocycles. The van der Waals surface area contributed by atoms with E-state index in [1.54, 1.807) is 11.8 Å². The van der Waals surface area contributed by atoms with Gasteiger partial charge in [-0.05, 0) is 29.8 Å². The van der Waals surface area contributed by atoms with Gasteiger partial charge >= 0.3 is 0 Å². The zero-order valence-electron chi connectivity index (χ0n) is 11.8. The van der Waals surface area contributed by atoms with E-state index in [-0.39, 0.29) is 11.0 Å². The van der Waals surface area contributed by atoms with Crippen LogP contribution >= 0.6 is 11.8 Å². The number of carbonyl (C=O) groups is 1. The van der Waals surface area contributed by atoms with Gasteiger partial charge in [-0.15, -0.1) is 11.8 Å². The largest absolute Gasteiger partial charge is 0.293 e. The molecule has 1 unspecified atom stereocenters. The first-order valence-electron chi connectivity index (χ1n) is 6.99. The van der Waals surface area contributed by atoms with Gasteiger partial charge in [0.25, 0.3) is 0 Å². The molecule has 0 amide bonds. The number of rotatable bonds is 4. The fourth-order valence-electron chi connectivity index (χ4n) is 2.34. The monoisotopic (exact) mass is 292 g/mol. The van der Waals surface area contributed by atoms with Crippen LogP contribution in [0.2, 0.25) is 0 Å². The average Bonchev–Trinajstić information content (AvgIpc) is 2.55. The third-order valence-corrected chi connectivity index (χ3v) is 4.56. The van der Waals surface area contributed by atoms with Crippen molar-refractivity contribution < 1.29 is 4.79 Å². The van der Waals surface area contributed by atoms with Gasteiger partial charge in [-0.1, -0.05) is 60.7 Å². The van der Waals surface area contributed by atoms with Crippen molar-refractivity contribution in [3.05, 3.63) is 78.4 Å². The van der Waals surface area contributed by atoms with E-state index in [2.05, 4.69) is 30.3 Å². The lowest BCUT2D eigenvalue weighted by Gasteiger charge is -2.11. The second-order valence-electron chi connectivity index (χ2n) is 5.00. The van der Waals surface area contributed by atoms with Crippen molar-refractivity contribution >= 4 is 28.3 Å². The highest BCUT2D eigenvalue weighted by molar-refractivity contribution is 8.00. The van der Waals surface area contributed by atoms with E-state index in [4.69, 9.17) is 0 Å². The smallest absolute Gasteiger partial charge is 0.175 e. The van der Waals surface area contributed by atoms with Crippen LogP contribution in [0.4, 0.5) is 0 Å². The summed E-state index contributed by atoms with van der Waals surface area (Å²) in [4.78, 5) is 13.5. The number of hydrogen-bond donors (Lipinski definition) is 0. The average molecular weight is 292 g/mol. The molecule has 1 atom stereocenters. The van der Waals surface area contributed by atoms with Crippen molar-refractivity contribution in [1.82, 2.24) is 0 Å². The summed E-state index contributed by atoms with van der Waals surface area (Å²) in [6.45, 7) is 1.97. The number of carbonyl (C=O) groups excluding carboxylic acids is 1. The van der Waals surface area contributed by atoms with E-state index in [1.165, 1.54) is 10.8 Å². The molecule has 0 radical (unpaired) electrons. The number of fused-ring (bicyclic) bond motifs is 1. The van der Waals surface area contributed by atoms with Gasteiger partial charge < -0.3 is 0 Å². The van der Waals surface area contributed by atoms with E-state index < -0.39 is 0 Å². The highest BCUT2D eigenvalue weighted by atomic mass is 32.2. The second-order valence-corrected chi connectivity index (χ2v) is 6.41. The van der Waals surface area contributed by atoms with Crippen molar-refractivity contribution in [1.29, 1.82) is 0 Å². The number of benzene rings is 3. The molecule has 3 aromatic rings. The molecule has 0 fully saturated rings. The van der Waals surface area contributed by atoms with Gasteiger partial charge in [0.2, 0.25) is 0 Å². The maximum atomic E-state index is 12.4. The third kappa shape index (κ3) is 3.17. The summed E-state index contributed by atoms with van der Waals surface area (Å²) in [6, 6.07) is 24.1. The summed E-state index contributed by atoms with van der Waals surface area (Å²) in [5, 5.41) is 2.35. The number of ketones is 1. The Hall–Kier alpha value is -2.06. The SMILES string of the molecule is CC(Sc1ccc2ccccc2c1)C(=O)c1ccccc1. The zero-order valence-corrected chi connectivity index (χ0v) is 12.6. The first kappa shape index (κ1) is 13.9. The molecule has 104 valence electrons. The Labute approximate surface area is 129 Å². The number of thioether (sulfide) groups is 1. The molecule has 0 N–H and O–H groups in total. The van der Waals surface area contributed by atoms with Crippen LogP contribution < -0.4 is 0 Å². The van der Waals surface area contributed by atoms with Gasteiger partial charge in [0, 0.05) is 10.5 Å². The quantitative estimate of drug-likeness (QED) is 0.485. The lowest BCUT2D eigenvalue weighted by atomic mass is 10.1. The summed E-state index contributed by atoms with van der Waals surface area (Å²) in [7, 11) is 0. The summed E-state index contributed by atoms with van der Waals surface area (Å²) in [5.41, 5.74) is 0.776. The molecule has 0 spiro atoms. The van der Waals surface area contributed by atoms with Crippen LogP contribution in [0.1, 0.15) is 17.3 Å². The Morgan fingerprint density at radius 2 is 1.52 bits per heavy atom. The van der Waals surface area contributed by atoms with E-state index >= 15 is 0 Å². The second kappa shape index (κ2) is 6.15. The molecule has 3 rings (SSSR count). The highest BCUT2D eigenvalue weighted by Gasteiger charge is 2.16. The van der Waals surface area contributed by atoms with Gasteiger partial charge in [0.1, 0.15) is 0 Å². The van der Waals surface area contributed by atoms with E-state index in [1.807, 2.05) is 49.4 Å². The maximum Gasteiger partial charge on any atom is 0.175 e. The minimum atomic E-state index is -0.0893. The van der Waals surface area contributed by atoms with E-state index in [0.29, 0.717) is 0 Å². The van der Waals surface area contributed by atoms with Gasteiger partial charge in [0.15, 0.2) is 5.78 Å². The molecule has 0 aromatic heterocycles. The van der Waals surface area contributed by atoms with Crippen LogP contribution in [0.25, 0.3) is 10.8 Å². The molecule has 21 heavy (non-hydrogen) atoms. The first-order chi connectivity index (χ1) is 10.2. The molecule has 0 aliphatic rings. The van der Waals surface area contributed by atoms with Crippen LogP contribution in [-0.2, 0) is 0 Å². The molecule has 1 nitrogen and oxygen atoms in total. The Kier molecular flexibility index (Phi) is 4.07. The lowest BCUT2D eigenvalue weighted by molar-refractivity contribution is 0.0994. The minimum Gasteiger partial charge on any atom is -0.293 e. The van der Waals surface area contributed by atoms with Crippen LogP contribution in [0, 0.1) is 0 Å². The minimum absolute atomic E-state index is 0.0893. The fourth-order valence-corrected chi connectivity index (χ4v) is 3.33. The van der Waals surface area contributed by atoms with Crippen molar-refractivity contribution in [2.75, 3.05) is 0 Å². The number of hydrogen-bond acceptors (Lipinski definition) is 2. The Morgan fingerprint density at radius 1 is 0.857 bits per heavy atom. The summed E-state index contributed by atoms with van der Waals surface area (Å²) < 4.78 is 0. The predicted molar refractivity (Wildman–Crippen MR) is 90.0 cm³/mol. The van der Waals surface area contributed by atoms with E-state index in [9.17, 15) is 4.79 Å². The summed E-state index contributed by atoms with van der Waals surface area (Å²) in [5.74, 6) is 0.175. The van der Waals surface area contributed by atoms with Gasteiger partial charge in [-0.3, -0.25) is 4.79 Å². The van der Waals surface area contributed by atoms with Gasteiger partial charge in [0.05, 0.1) is 5.25 Å². The first-order valence-corrected chi connectivity index (χ1v) is 7.87. The topological polar surface area (TPSA) is 17.1 Å². The number of Topliss-reactive ketones (excluding diaryl/α,β-unsaturated/α-hetero) is 1. The van der Waals surface area contributed by atoms with Gasteiger partial charge in [-0.25, -0.2) is 0 Å². The predicted octanol–water partition coefficient (Wildman–Crippen LogP) is 5.20. The van der Waals surface area contributed by atoms with Crippen molar-refractivity contribution in [3.8, 4) is 0 Å². The third-order valence-electron chi connectivity index (χ3n) is 3.46. The van der Waals surface area contributed by atoms with Crippen LogP contribution in [0.3, 0.4) is 0 Å². The van der Waals surface area contributed by atoms with Crippen LogP contribution in [0.5, 0.6) is 0 Å². The highest BCUT2D eigenvalue weighted by Crippen LogP contribution is 2.28. The van der Waals surface area contributed by atoms with Crippen LogP contribution in [-0.4, -0.2) is 11.0 Å². The normalized spacial score (nSPS) is 12.2. The molecule has 0 saturated heterocycles. The van der Waals surface area contributed by atoms with Crippen molar-refractivity contribution in [3.63, 3.8) is 0 Å². The molecule has 3 aromatic carbocycles. The van der Waals surface area contributed by atoms with Crippen molar-refractivity contribution in [2.45, 2.75) is 17.1 Å². The Bertz CT molecular complexity index is 765. The molecule has 2 heteroatoms. The molecule has 0 bridgehead atoms. The maximum absolute atomic E-state index is 12.4. The summed E-state index contributed by atoms with van der Waals surface area (Å²) in [6.07, 6.45) is 0. The molecular weight excluding hydrogens is 276 g/mol. The standard InChI is InChI=1S/C19H16OS/c1-14(19(20)16-8-3-2-4-9-16)21-18-12-11-15-7-5-6-10-17(15)13-18/h2-14H,1H3. The van der Waals surface area contributed by atoms with Gasteiger partial charge in [-0.2, -0.15) is 0 Å². The van der Waals surface area contributed by atoms with E-state index in [0.717, 1.165) is 10.5 Å².